The van der Waals surface area contributed by atoms with Gasteiger partial charge in [0.15, 0.2) is 0 Å². The Morgan fingerprint density at radius 3 is 2.77 bits per heavy atom. The molecule has 1 unspecified atom stereocenters. The number of aromatic nitrogens is 1. The van der Waals surface area contributed by atoms with E-state index in [1.807, 2.05) is 32.9 Å². The second kappa shape index (κ2) is 7.06. The van der Waals surface area contributed by atoms with Crippen LogP contribution >= 0.6 is 15.9 Å². The highest BCUT2D eigenvalue weighted by molar-refractivity contribution is 9.10. The largest absolute Gasteiger partial charge is 0.458 e. The molecule has 1 N–H and O–H groups in total. The lowest BCUT2D eigenvalue weighted by molar-refractivity contribution is -0.169. The van der Waals surface area contributed by atoms with Crippen LogP contribution in [-0.4, -0.2) is 36.3 Å². The summed E-state index contributed by atoms with van der Waals surface area (Å²) in [5.74, 6) is -0.345. The number of hydrogen-bond donors (Lipinski definition) is 1. The SMILES string of the molecule is CC(C)(C)OC(=O)COC1(c2ccc(Br)nc2)CCCNC1. The van der Waals surface area contributed by atoms with Crippen LogP contribution in [-0.2, 0) is 19.9 Å². The molecule has 1 fully saturated rings. The Hall–Kier alpha value is -0.980. The number of nitrogens with zero attached hydrogens (tertiary/aromatic N) is 1. The third kappa shape index (κ3) is 4.76. The molecule has 0 saturated carbocycles. The number of carbonyl (C=O) groups excluding carboxylic acids is 1. The van der Waals surface area contributed by atoms with Gasteiger partial charge in [0.1, 0.15) is 22.4 Å². The molecule has 2 heterocycles. The Bertz CT molecular complexity index is 505. The van der Waals surface area contributed by atoms with Crippen LogP contribution in [0.1, 0.15) is 39.2 Å². The van der Waals surface area contributed by atoms with Crippen LogP contribution in [0.25, 0.3) is 0 Å². The van der Waals surface area contributed by atoms with Crippen molar-refractivity contribution in [3.63, 3.8) is 0 Å². The van der Waals surface area contributed by atoms with E-state index in [-0.39, 0.29) is 12.6 Å². The molecule has 0 bridgehead atoms. The quantitative estimate of drug-likeness (QED) is 0.652. The van der Waals surface area contributed by atoms with E-state index in [2.05, 4.69) is 26.2 Å². The number of esters is 1. The van der Waals surface area contributed by atoms with E-state index in [0.29, 0.717) is 6.54 Å². The molecule has 1 aliphatic rings. The first-order valence-electron chi connectivity index (χ1n) is 7.49. The molecule has 6 heteroatoms. The van der Waals surface area contributed by atoms with Gasteiger partial charge in [-0.25, -0.2) is 9.78 Å². The molecule has 122 valence electrons. The van der Waals surface area contributed by atoms with E-state index in [0.717, 1.165) is 29.6 Å². The molecular weight excluding hydrogens is 348 g/mol. The van der Waals surface area contributed by atoms with Crippen LogP contribution in [0.5, 0.6) is 0 Å². The third-order valence-electron chi connectivity index (χ3n) is 3.48. The van der Waals surface area contributed by atoms with Gasteiger partial charge >= 0.3 is 5.97 Å². The van der Waals surface area contributed by atoms with Crippen molar-refractivity contribution in [3.05, 3.63) is 28.5 Å². The minimum atomic E-state index is -0.525. The smallest absolute Gasteiger partial charge is 0.332 e. The van der Waals surface area contributed by atoms with Gasteiger partial charge < -0.3 is 14.8 Å². The Kier molecular flexibility index (Phi) is 5.58. The molecule has 0 aromatic carbocycles. The van der Waals surface area contributed by atoms with E-state index in [1.165, 1.54) is 0 Å². The average Bonchev–Trinajstić information content (AvgIpc) is 2.45. The van der Waals surface area contributed by atoms with E-state index < -0.39 is 11.2 Å². The summed E-state index contributed by atoms with van der Waals surface area (Å²) in [6, 6.07) is 3.88. The molecule has 1 atom stereocenters. The van der Waals surface area contributed by atoms with Crippen LogP contribution in [0.2, 0.25) is 0 Å². The summed E-state index contributed by atoms with van der Waals surface area (Å²) in [6.45, 7) is 7.11. The van der Waals surface area contributed by atoms with Crippen molar-refractivity contribution in [1.82, 2.24) is 10.3 Å². The second-order valence-electron chi connectivity index (χ2n) is 6.52. The fourth-order valence-corrected chi connectivity index (χ4v) is 2.78. The van der Waals surface area contributed by atoms with Crippen LogP contribution in [0.4, 0.5) is 0 Å². The number of halogens is 1. The van der Waals surface area contributed by atoms with Gasteiger partial charge in [0.2, 0.25) is 0 Å². The van der Waals surface area contributed by atoms with Gasteiger partial charge in [-0.15, -0.1) is 0 Å². The number of carbonyl (C=O) groups is 1. The fraction of sp³-hybridized carbons (Fsp3) is 0.625. The highest BCUT2D eigenvalue weighted by atomic mass is 79.9. The molecule has 5 nitrogen and oxygen atoms in total. The Morgan fingerprint density at radius 2 is 2.23 bits per heavy atom. The van der Waals surface area contributed by atoms with Crippen LogP contribution in [0, 0.1) is 0 Å². The molecule has 1 aromatic rings. The zero-order valence-corrected chi connectivity index (χ0v) is 14.9. The molecule has 22 heavy (non-hydrogen) atoms. The summed E-state index contributed by atoms with van der Waals surface area (Å²) in [4.78, 5) is 16.2. The van der Waals surface area contributed by atoms with E-state index in [9.17, 15) is 4.79 Å². The molecule has 0 radical (unpaired) electrons. The van der Waals surface area contributed by atoms with Crippen molar-refractivity contribution in [1.29, 1.82) is 0 Å². The van der Waals surface area contributed by atoms with Gasteiger partial charge in [-0.1, -0.05) is 6.07 Å². The monoisotopic (exact) mass is 370 g/mol. The second-order valence-corrected chi connectivity index (χ2v) is 7.33. The Morgan fingerprint density at radius 1 is 1.45 bits per heavy atom. The summed E-state index contributed by atoms with van der Waals surface area (Å²) in [7, 11) is 0. The van der Waals surface area contributed by atoms with E-state index >= 15 is 0 Å². The average molecular weight is 371 g/mol. The minimum Gasteiger partial charge on any atom is -0.458 e. The van der Waals surface area contributed by atoms with E-state index in [4.69, 9.17) is 9.47 Å². The maximum absolute atomic E-state index is 11.9. The molecule has 1 aliphatic heterocycles. The highest BCUT2D eigenvalue weighted by Gasteiger charge is 2.36. The molecular formula is C16H23BrN2O3. The van der Waals surface area contributed by atoms with Crippen molar-refractivity contribution < 1.29 is 14.3 Å². The summed E-state index contributed by atoms with van der Waals surface area (Å²) >= 11 is 3.34. The fourth-order valence-electron chi connectivity index (χ4n) is 2.54. The minimum absolute atomic E-state index is 0.0605. The zero-order chi connectivity index (χ0) is 16.2. The highest BCUT2D eigenvalue weighted by Crippen LogP contribution is 2.32. The van der Waals surface area contributed by atoms with Crippen LogP contribution < -0.4 is 5.32 Å². The molecule has 1 saturated heterocycles. The maximum Gasteiger partial charge on any atom is 0.332 e. The van der Waals surface area contributed by atoms with Gasteiger partial charge in [0, 0.05) is 18.3 Å². The molecule has 0 aliphatic carbocycles. The number of rotatable bonds is 4. The summed E-state index contributed by atoms with van der Waals surface area (Å²) in [6.07, 6.45) is 3.64. The van der Waals surface area contributed by atoms with Crippen molar-refractivity contribution in [2.24, 2.45) is 0 Å². The maximum atomic E-state index is 11.9. The van der Waals surface area contributed by atoms with Gasteiger partial charge in [-0.3, -0.25) is 0 Å². The first-order chi connectivity index (χ1) is 10.3. The van der Waals surface area contributed by atoms with Crippen molar-refractivity contribution in [3.8, 4) is 0 Å². The van der Waals surface area contributed by atoms with Gasteiger partial charge in [-0.2, -0.15) is 0 Å². The lowest BCUT2D eigenvalue weighted by atomic mass is 9.87. The number of hydrogen-bond acceptors (Lipinski definition) is 5. The first kappa shape index (κ1) is 17.4. The molecule has 2 rings (SSSR count). The third-order valence-corrected chi connectivity index (χ3v) is 3.95. The van der Waals surface area contributed by atoms with Gasteiger partial charge in [0.05, 0.1) is 0 Å². The normalized spacial score (nSPS) is 22.4. The van der Waals surface area contributed by atoms with Gasteiger partial charge in [-0.05, 0) is 62.2 Å². The van der Waals surface area contributed by atoms with Crippen LogP contribution in [0.3, 0.4) is 0 Å². The first-order valence-corrected chi connectivity index (χ1v) is 8.29. The summed E-state index contributed by atoms with van der Waals surface area (Å²) < 4.78 is 12.1. The van der Waals surface area contributed by atoms with Crippen LogP contribution in [0.15, 0.2) is 22.9 Å². The van der Waals surface area contributed by atoms with Crippen molar-refractivity contribution in [2.45, 2.75) is 44.8 Å². The summed E-state index contributed by atoms with van der Waals surface area (Å²) in [5.41, 5.74) is -0.0491. The van der Waals surface area contributed by atoms with Gasteiger partial charge in [0.25, 0.3) is 0 Å². The Balaban J connectivity index is 2.09. The standard InChI is InChI=1S/C16H23BrN2O3/c1-15(2,3)22-14(20)10-21-16(7-4-8-18-11-16)12-5-6-13(17)19-9-12/h5-6,9,18H,4,7-8,10-11H2,1-3H3. The molecule has 0 amide bonds. The number of pyridine rings is 1. The lowest BCUT2D eigenvalue weighted by Gasteiger charge is -2.37. The van der Waals surface area contributed by atoms with E-state index in [1.54, 1.807) is 6.20 Å². The zero-order valence-electron chi connectivity index (χ0n) is 13.3. The van der Waals surface area contributed by atoms with Crippen molar-refractivity contribution in [2.75, 3.05) is 19.7 Å². The van der Waals surface area contributed by atoms with Crippen molar-refractivity contribution >= 4 is 21.9 Å². The predicted octanol–water partition coefficient (Wildman–Crippen LogP) is 2.78. The summed E-state index contributed by atoms with van der Waals surface area (Å²) in [5, 5.41) is 3.34. The number of piperidine rings is 1. The number of nitrogens with one attached hydrogen (secondary N) is 1. The lowest BCUT2D eigenvalue weighted by Crippen LogP contribution is -2.46. The Labute approximate surface area is 139 Å². The topological polar surface area (TPSA) is 60.5 Å². The molecule has 1 aromatic heterocycles. The number of ether oxygens (including phenoxy) is 2. The molecule has 0 spiro atoms. The predicted molar refractivity (Wildman–Crippen MR) is 87.5 cm³/mol.